The second kappa shape index (κ2) is 9.72. The average Bonchev–Trinajstić information content (AvgIpc) is 3.31. The summed E-state index contributed by atoms with van der Waals surface area (Å²) in [5, 5.41) is 9.75. The standard InChI is InChI=1S/C23H25F3N2O4S/c1-13-18(27-21(32-13)15-5-3-6-16(11-15)23(24,25)26)12-31-17-7-2-4-14(10-17)8-9-19-20(29)28-22(30)33-19/h3,5-6,11,14,17,29H,2,4,7-10,12H2,1H3,(H,28,30). The van der Waals surface area contributed by atoms with Crippen molar-refractivity contribution in [3.8, 4) is 17.3 Å². The normalized spacial score (nSPS) is 19.2. The van der Waals surface area contributed by atoms with Gasteiger partial charge in [0.05, 0.1) is 23.2 Å². The highest BCUT2D eigenvalue weighted by Gasteiger charge is 2.31. The van der Waals surface area contributed by atoms with E-state index < -0.39 is 11.7 Å². The molecule has 0 bridgehead atoms. The second-order valence-corrected chi connectivity index (χ2v) is 9.46. The van der Waals surface area contributed by atoms with Crippen LogP contribution in [0.2, 0.25) is 0 Å². The predicted octanol–water partition coefficient (Wildman–Crippen LogP) is 5.83. The van der Waals surface area contributed by atoms with E-state index in [4.69, 9.17) is 9.15 Å². The first kappa shape index (κ1) is 23.6. The Morgan fingerprint density at radius 1 is 1.33 bits per heavy atom. The topological polar surface area (TPSA) is 88.4 Å². The molecule has 0 saturated heterocycles. The zero-order chi connectivity index (χ0) is 23.6. The SMILES string of the molecule is Cc1oc(-c2cccc(C(F)(F)F)c2)nc1COC1CCCC(CCc2sc(=O)[nH]c2O)C1. The first-order valence-electron chi connectivity index (χ1n) is 10.9. The Bertz CT molecular complexity index is 1150. The van der Waals surface area contributed by atoms with Gasteiger partial charge in [0.2, 0.25) is 11.8 Å². The number of hydrogen-bond donors (Lipinski definition) is 2. The van der Waals surface area contributed by atoms with Gasteiger partial charge in [0.1, 0.15) is 11.5 Å². The number of H-pyrrole nitrogens is 1. The number of rotatable bonds is 7. The van der Waals surface area contributed by atoms with Crippen molar-refractivity contribution in [1.82, 2.24) is 9.97 Å². The van der Waals surface area contributed by atoms with Crippen molar-refractivity contribution >= 4 is 11.3 Å². The van der Waals surface area contributed by atoms with E-state index >= 15 is 0 Å². The number of benzene rings is 1. The lowest BCUT2D eigenvalue weighted by Crippen LogP contribution is -2.23. The third-order valence-corrected chi connectivity index (χ3v) is 6.93. The van der Waals surface area contributed by atoms with Gasteiger partial charge in [-0.25, -0.2) is 4.98 Å². The molecule has 2 N–H and O–H groups in total. The number of aryl methyl sites for hydroxylation is 2. The molecule has 4 rings (SSSR count). The quantitative estimate of drug-likeness (QED) is 0.442. The monoisotopic (exact) mass is 482 g/mol. The lowest BCUT2D eigenvalue weighted by molar-refractivity contribution is -0.137. The lowest BCUT2D eigenvalue weighted by atomic mass is 9.84. The smallest absolute Gasteiger partial charge is 0.416 e. The van der Waals surface area contributed by atoms with E-state index in [1.54, 1.807) is 6.92 Å². The number of nitrogens with one attached hydrogen (secondary N) is 1. The zero-order valence-corrected chi connectivity index (χ0v) is 18.9. The van der Waals surface area contributed by atoms with Gasteiger partial charge in [0, 0.05) is 5.56 Å². The van der Waals surface area contributed by atoms with Crippen molar-refractivity contribution in [2.24, 2.45) is 5.92 Å². The third kappa shape index (κ3) is 5.86. The maximum absolute atomic E-state index is 13.0. The van der Waals surface area contributed by atoms with Gasteiger partial charge in [-0.2, -0.15) is 13.2 Å². The van der Waals surface area contributed by atoms with Crippen LogP contribution in [0.3, 0.4) is 0 Å². The van der Waals surface area contributed by atoms with Gasteiger partial charge in [0.15, 0.2) is 0 Å². The van der Waals surface area contributed by atoms with Crippen molar-refractivity contribution in [2.45, 2.75) is 64.3 Å². The highest BCUT2D eigenvalue weighted by Crippen LogP contribution is 2.34. The average molecular weight is 483 g/mol. The Labute approximate surface area is 192 Å². The molecule has 2 aromatic heterocycles. The van der Waals surface area contributed by atoms with Crippen molar-refractivity contribution in [3.63, 3.8) is 0 Å². The molecule has 1 aliphatic carbocycles. The van der Waals surface area contributed by atoms with Gasteiger partial charge < -0.3 is 14.3 Å². The summed E-state index contributed by atoms with van der Waals surface area (Å²) in [6.45, 7) is 1.95. The van der Waals surface area contributed by atoms with E-state index in [2.05, 4.69) is 9.97 Å². The fraction of sp³-hybridized carbons (Fsp3) is 0.478. The summed E-state index contributed by atoms with van der Waals surface area (Å²) in [4.78, 5) is 18.5. The van der Waals surface area contributed by atoms with E-state index in [9.17, 15) is 23.1 Å². The van der Waals surface area contributed by atoms with Crippen molar-refractivity contribution in [3.05, 3.63) is 55.8 Å². The molecule has 0 amide bonds. The Hall–Kier alpha value is -2.59. The summed E-state index contributed by atoms with van der Waals surface area (Å²) in [5.41, 5.74) is 0.0981. The molecular weight excluding hydrogens is 457 g/mol. The molecule has 0 aliphatic heterocycles. The minimum absolute atomic E-state index is 0.0355. The summed E-state index contributed by atoms with van der Waals surface area (Å²) in [7, 11) is 0. The Morgan fingerprint density at radius 2 is 2.15 bits per heavy atom. The first-order valence-corrected chi connectivity index (χ1v) is 11.7. The zero-order valence-electron chi connectivity index (χ0n) is 18.1. The van der Waals surface area contributed by atoms with E-state index in [1.165, 1.54) is 12.1 Å². The van der Waals surface area contributed by atoms with Crippen LogP contribution in [0.5, 0.6) is 5.88 Å². The van der Waals surface area contributed by atoms with Crippen LogP contribution in [0.1, 0.15) is 54.0 Å². The van der Waals surface area contributed by atoms with E-state index in [0.717, 1.165) is 55.6 Å². The van der Waals surface area contributed by atoms with Crippen LogP contribution in [0, 0.1) is 12.8 Å². The third-order valence-electron chi connectivity index (χ3n) is 6.00. The number of aromatic nitrogens is 2. The number of ether oxygens (including phenoxy) is 1. The highest BCUT2D eigenvalue weighted by molar-refractivity contribution is 7.09. The van der Waals surface area contributed by atoms with Gasteiger partial charge in [0.25, 0.3) is 0 Å². The van der Waals surface area contributed by atoms with Crippen molar-refractivity contribution in [1.29, 1.82) is 0 Å². The summed E-state index contributed by atoms with van der Waals surface area (Å²) < 4.78 is 50.7. The van der Waals surface area contributed by atoms with E-state index in [0.29, 0.717) is 28.7 Å². The van der Waals surface area contributed by atoms with E-state index in [1.807, 2.05) is 0 Å². The van der Waals surface area contributed by atoms with Gasteiger partial charge in [-0.15, -0.1) is 0 Å². The Morgan fingerprint density at radius 3 is 2.88 bits per heavy atom. The van der Waals surface area contributed by atoms with Gasteiger partial charge in [-0.3, -0.25) is 9.78 Å². The number of thiazole rings is 1. The maximum Gasteiger partial charge on any atom is 0.416 e. The number of oxazole rings is 1. The highest BCUT2D eigenvalue weighted by atomic mass is 32.1. The predicted molar refractivity (Wildman–Crippen MR) is 117 cm³/mol. The van der Waals surface area contributed by atoms with Crippen molar-refractivity contribution in [2.75, 3.05) is 0 Å². The van der Waals surface area contributed by atoms with Crippen LogP contribution in [0.4, 0.5) is 13.2 Å². The largest absolute Gasteiger partial charge is 0.494 e. The maximum atomic E-state index is 13.0. The summed E-state index contributed by atoms with van der Waals surface area (Å²) in [5.74, 6) is 1.06. The van der Waals surface area contributed by atoms with Crippen LogP contribution in [-0.2, 0) is 23.9 Å². The van der Waals surface area contributed by atoms with Crippen LogP contribution >= 0.6 is 11.3 Å². The minimum Gasteiger partial charge on any atom is -0.494 e. The summed E-state index contributed by atoms with van der Waals surface area (Å²) in [6, 6.07) is 4.92. The Balaban J connectivity index is 1.34. The molecule has 6 nitrogen and oxygen atoms in total. The Kier molecular flexibility index (Phi) is 6.94. The van der Waals surface area contributed by atoms with Gasteiger partial charge >= 0.3 is 11.0 Å². The second-order valence-electron chi connectivity index (χ2n) is 8.39. The molecule has 2 heterocycles. The fourth-order valence-corrected chi connectivity index (χ4v) is 4.96. The number of halogens is 3. The molecule has 10 heteroatoms. The number of alkyl halides is 3. The molecule has 3 aromatic rings. The molecular formula is C23H25F3N2O4S. The number of aromatic amines is 1. The van der Waals surface area contributed by atoms with Crippen LogP contribution < -0.4 is 4.87 Å². The molecule has 33 heavy (non-hydrogen) atoms. The van der Waals surface area contributed by atoms with Crippen LogP contribution in [0.25, 0.3) is 11.5 Å². The molecule has 1 fully saturated rings. The molecule has 2 atom stereocenters. The molecule has 1 aliphatic rings. The minimum atomic E-state index is -4.43. The number of hydrogen-bond acceptors (Lipinski definition) is 6. The fourth-order valence-electron chi connectivity index (χ4n) is 4.22. The lowest BCUT2D eigenvalue weighted by Gasteiger charge is -2.29. The van der Waals surface area contributed by atoms with Gasteiger partial charge in [-0.1, -0.05) is 30.2 Å². The first-order chi connectivity index (χ1) is 15.7. The van der Waals surface area contributed by atoms with E-state index in [-0.39, 0.29) is 34.9 Å². The number of aromatic hydroxyl groups is 1. The van der Waals surface area contributed by atoms with Crippen molar-refractivity contribution < 1.29 is 27.4 Å². The number of nitrogens with zero attached hydrogens (tertiary/aromatic N) is 1. The molecule has 2 unspecified atom stereocenters. The molecule has 1 aromatic carbocycles. The summed E-state index contributed by atoms with van der Waals surface area (Å²) >= 11 is 1.04. The molecule has 1 saturated carbocycles. The van der Waals surface area contributed by atoms with Crippen LogP contribution in [0.15, 0.2) is 33.5 Å². The van der Waals surface area contributed by atoms with Gasteiger partial charge in [-0.05, 0) is 56.7 Å². The molecule has 0 spiro atoms. The molecule has 178 valence electrons. The summed E-state index contributed by atoms with van der Waals surface area (Å²) in [6.07, 6.45) is 1.03. The molecule has 0 radical (unpaired) electrons. The van der Waals surface area contributed by atoms with Crippen LogP contribution in [-0.4, -0.2) is 21.2 Å².